The maximum atomic E-state index is 12.1. The standard InChI is InChI=1S/C16H21NO5/c1-5-21-14-8-12(18)11-6-7-13(10(2)16(11)17-14)22-9-15(19-3)20-4/h6-8,15H,5,9H2,1-4H3,(H,17,18). The maximum Gasteiger partial charge on any atom is 0.195 e. The van der Waals surface area contributed by atoms with Crippen molar-refractivity contribution in [3.05, 3.63) is 34.0 Å². The molecule has 1 aromatic heterocycles. The van der Waals surface area contributed by atoms with Crippen LogP contribution in [0.25, 0.3) is 10.9 Å². The molecule has 0 aliphatic rings. The van der Waals surface area contributed by atoms with Gasteiger partial charge in [-0.1, -0.05) is 0 Å². The lowest BCUT2D eigenvalue weighted by Gasteiger charge is -2.16. The second-order valence-corrected chi connectivity index (χ2v) is 4.75. The first-order valence-electron chi connectivity index (χ1n) is 7.08. The predicted octanol–water partition coefficient (Wildman–Crippen LogP) is 2.23. The molecule has 0 spiro atoms. The van der Waals surface area contributed by atoms with Crippen molar-refractivity contribution >= 4 is 10.9 Å². The van der Waals surface area contributed by atoms with Gasteiger partial charge in [0.1, 0.15) is 12.4 Å². The minimum atomic E-state index is -0.441. The fourth-order valence-corrected chi connectivity index (χ4v) is 2.19. The molecule has 0 saturated heterocycles. The van der Waals surface area contributed by atoms with Crippen molar-refractivity contribution < 1.29 is 18.9 Å². The number of benzene rings is 1. The number of pyridine rings is 1. The first kappa shape index (κ1) is 16.3. The second-order valence-electron chi connectivity index (χ2n) is 4.75. The van der Waals surface area contributed by atoms with Crippen molar-refractivity contribution in [2.24, 2.45) is 0 Å². The zero-order chi connectivity index (χ0) is 16.1. The third-order valence-electron chi connectivity index (χ3n) is 3.39. The topological polar surface area (TPSA) is 69.8 Å². The molecule has 0 atom stereocenters. The van der Waals surface area contributed by atoms with E-state index in [1.165, 1.54) is 6.07 Å². The summed E-state index contributed by atoms with van der Waals surface area (Å²) in [5.74, 6) is 1.11. The number of methoxy groups -OCH3 is 2. The van der Waals surface area contributed by atoms with Crippen molar-refractivity contribution in [2.45, 2.75) is 20.1 Å². The number of aromatic amines is 1. The molecule has 0 saturated carbocycles. The molecule has 1 N–H and O–H groups in total. The van der Waals surface area contributed by atoms with Crippen LogP contribution in [0.3, 0.4) is 0 Å². The Morgan fingerprint density at radius 1 is 1.18 bits per heavy atom. The lowest BCUT2D eigenvalue weighted by atomic mass is 10.1. The van der Waals surface area contributed by atoms with Gasteiger partial charge in [-0.25, -0.2) is 0 Å². The number of hydrogen-bond acceptors (Lipinski definition) is 5. The van der Waals surface area contributed by atoms with E-state index < -0.39 is 6.29 Å². The minimum absolute atomic E-state index is 0.0847. The Bertz CT molecular complexity index is 691. The maximum absolute atomic E-state index is 12.1. The van der Waals surface area contributed by atoms with Gasteiger partial charge in [-0.3, -0.25) is 4.79 Å². The Balaban J connectivity index is 2.37. The third kappa shape index (κ3) is 3.40. The van der Waals surface area contributed by atoms with Gasteiger partial charge < -0.3 is 23.9 Å². The number of H-pyrrole nitrogens is 1. The molecule has 120 valence electrons. The summed E-state index contributed by atoms with van der Waals surface area (Å²) in [6.07, 6.45) is -0.441. The van der Waals surface area contributed by atoms with Crippen LogP contribution in [-0.2, 0) is 9.47 Å². The van der Waals surface area contributed by atoms with Crippen LogP contribution in [0.5, 0.6) is 11.6 Å². The van der Waals surface area contributed by atoms with Crippen LogP contribution in [0.15, 0.2) is 23.0 Å². The summed E-state index contributed by atoms with van der Waals surface area (Å²) >= 11 is 0. The van der Waals surface area contributed by atoms with Crippen molar-refractivity contribution in [3.8, 4) is 11.6 Å². The first-order valence-corrected chi connectivity index (χ1v) is 7.08. The number of hydrogen-bond donors (Lipinski definition) is 1. The van der Waals surface area contributed by atoms with Crippen LogP contribution in [0.4, 0.5) is 0 Å². The molecular formula is C16H21NO5. The SMILES string of the molecule is CCOc1cc(=O)c2ccc(OCC(OC)OC)c(C)c2[nH]1. The van der Waals surface area contributed by atoms with Crippen LogP contribution < -0.4 is 14.9 Å². The average Bonchev–Trinajstić information content (AvgIpc) is 2.51. The lowest BCUT2D eigenvalue weighted by Crippen LogP contribution is -2.22. The number of rotatable bonds is 7. The van der Waals surface area contributed by atoms with Gasteiger partial charge in [0, 0.05) is 31.2 Å². The predicted molar refractivity (Wildman–Crippen MR) is 83.8 cm³/mol. The highest BCUT2D eigenvalue weighted by Crippen LogP contribution is 2.26. The summed E-state index contributed by atoms with van der Waals surface area (Å²) in [7, 11) is 3.10. The lowest BCUT2D eigenvalue weighted by molar-refractivity contribution is -0.122. The molecule has 0 bridgehead atoms. The molecular weight excluding hydrogens is 286 g/mol. The smallest absolute Gasteiger partial charge is 0.195 e. The van der Waals surface area contributed by atoms with Crippen LogP contribution in [0.1, 0.15) is 12.5 Å². The van der Waals surface area contributed by atoms with Gasteiger partial charge in [-0.05, 0) is 26.0 Å². The van der Waals surface area contributed by atoms with Crippen LogP contribution in [-0.4, -0.2) is 38.7 Å². The molecule has 0 aliphatic heterocycles. The summed E-state index contributed by atoms with van der Waals surface area (Å²) < 4.78 is 21.3. The molecule has 22 heavy (non-hydrogen) atoms. The van der Waals surface area contributed by atoms with Crippen LogP contribution in [0, 0.1) is 6.92 Å². The van der Waals surface area contributed by atoms with Gasteiger partial charge in [0.25, 0.3) is 0 Å². The summed E-state index contributed by atoms with van der Waals surface area (Å²) in [5.41, 5.74) is 1.46. The Labute approximate surface area is 129 Å². The van der Waals surface area contributed by atoms with Crippen LogP contribution >= 0.6 is 0 Å². The van der Waals surface area contributed by atoms with E-state index in [9.17, 15) is 4.79 Å². The summed E-state index contributed by atoms with van der Waals surface area (Å²) in [5, 5.41) is 0.600. The zero-order valence-corrected chi connectivity index (χ0v) is 13.3. The van der Waals surface area contributed by atoms with Gasteiger partial charge in [0.05, 0.1) is 12.1 Å². The molecule has 0 fully saturated rings. The summed E-state index contributed by atoms with van der Waals surface area (Å²) in [6, 6.07) is 4.97. The molecule has 2 aromatic rings. The number of aryl methyl sites for hydroxylation is 1. The zero-order valence-electron chi connectivity index (χ0n) is 13.3. The largest absolute Gasteiger partial charge is 0.488 e. The van der Waals surface area contributed by atoms with Gasteiger partial charge >= 0.3 is 0 Å². The summed E-state index contributed by atoms with van der Waals surface area (Å²) in [4.78, 5) is 15.2. The molecule has 1 aromatic carbocycles. The van der Waals surface area contributed by atoms with Crippen molar-refractivity contribution in [2.75, 3.05) is 27.4 Å². The third-order valence-corrected chi connectivity index (χ3v) is 3.39. The van der Waals surface area contributed by atoms with Crippen molar-refractivity contribution in [1.29, 1.82) is 0 Å². The van der Waals surface area contributed by atoms with Gasteiger partial charge in [-0.2, -0.15) is 0 Å². The van der Waals surface area contributed by atoms with E-state index in [-0.39, 0.29) is 12.0 Å². The van der Waals surface area contributed by atoms with Crippen molar-refractivity contribution in [3.63, 3.8) is 0 Å². The molecule has 0 radical (unpaired) electrons. The van der Waals surface area contributed by atoms with E-state index >= 15 is 0 Å². The van der Waals surface area contributed by atoms with Crippen molar-refractivity contribution in [1.82, 2.24) is 4.98 Å². The quantitative estimate of drug-likeness (QED) is 0.794. The molecule has 6 heteroatoms. The van der Waals surface area contributed by atoms with E-state index in [0.29, 0.717) is 29.1 Å². The fraction of sp³-hybridized carbons (Fsp3) is 0.438. The van der Waals surface area contributed by atoms with E-state index in [1.807, 2.05) is 13.8 Å². The summed E-state index contributed by atoms with van der Waals surface area (Å²) in [6.45, 7) is 4.50. The van der Waals surface area contributed by atoms with E-state index in [1.54, 1.807) is 26.4 Å². The average molecular weight is 307 g/mol. The highest BCUT2D eigenvalue weighted by Gasteiger charge is 2.12. The van der Waals surface area contributed by atoms with Gasteiger partial charge in [0.15, 0.2) is 17.6 Å². The number of ether oxygens (including phenoxy) is 4. The molecule has 0 unspecified atom stereocenters. The molecule has 0 aliphatic carbocycles. The van der Waals surface area contributed by atoms with Crippen LogP contribution in [0.2, 0.25) is 0 Å². The molecule has 1 heterocycles. The monoisotopic (exact) mass is 307 g/mol. The highest BCUT2D eigenvalue weighted by atomic mass is 16.7. The van der Waals surface area contributed by atoms with E-state index in [2.05, 4.69) is 4.98 Å². The Morgan fingerprint density at radius 3 is 2.55 bits per heavy atom. The van der Waals surface area contributed by atoms with Gasteiger partial charge in [-0.15, -0.1) is 0 Å². The second kappa shape index (κ2) is 7.29. The first-order chi connectivity index (χ1) is 10.6. The van der Waals surface area contributed by atoms with E-state index in [4.69, 9.17) is 18.9 Å². The van der Waals surface area contributed by atoms with E-state index in [0.717, 1.165) is 5.56 Å². The van der Waals surface area contributed by atoms with Gasteiger partial charge in [0.2, 0.25) is 0 Å². The minimum Gasteiger partial charge on any atom is -0.488 e. The Hall–Kier alpha value is -2.05. The number of nitrogens with one attached hydrogen (secondary N) is 1. The normalized spacial score (nSPS) is 11.1. The highest BCUT2D eigenvalue weighted by molar-refractivity contribution is 5.84. The molecule has 6 nitrogen and oxygen atoms in total. The molecule has 0 amide bonds. The number of aromatic nitrogens is 1. The molecule has 2 rings (SSSR count). The Morgan fingerprint density at radius 2 is 1.91 bits per heavy atom. The number of fused-ring (bicyclic) bond motifs is 1. The Kier molecular flexibility index (Phi) is 5.41. The fourth-order valence-electron chi connectivity index (χ4n) is 2.19.